The number of rotatable bonds is 5. The standard InChI is InChI=1S/C20H16N4O4/c1-13-18(19(24-28-13)15-5-3-2-4-6-15)20(26)23-22-17(25)12-27-16-9-7-14(11-21)8-10-16/h2-10H,12H2,1H3,(H,22,25)(H,23,26). The van der Waals surface area contributed by atoms with E-state index < -0.39 is 11.8 Å². The summed E-state index contributed by atoms with van der Waals surface area (Å²) < 4.78 is 10.4. The fourth-order valence-electron chi connectivity index (χ4n) is 2.43. The Balaban J connectivity index is 1.57. The van der Waals surface area contributed by atoms with Gasteiger partial charge in [0.25, 0.3) is 11.8 Å². The van der Waals surface area contributed by atoms with Gasteiger partial charge in [-0.2, -0.15) is 5.26 Å². The molecule has 0 unspecified atom stereocenters. The summed E-state index contributed by atoms with van der Waals surface area (Å²) in [5.41, 5.74) is 6.45. The molecule has 3 rings (SSSR count). The minimum atomic E-state index is -0.552. The predicted octanol–water partition coefficient (Wildman–Crippen LogP) is 2.36. The number of aromatic nitrogens is 1. The van der Waals surface area contributed by atoms with Crippen molar-refractivity contribution in [3.63, 3.8) is 0 Å². The van der Waals surface area contributed by atoms with E-state index in [0.29, 0.717) is 22.8 Å². The van der Waals surface area contributed by atoms with Crippen molar-refractivity contribution in [2.45, 2.75) is 6.92 Å². The Hall–Kier alpha value is -4.12. The molecule has 8 nitrogen and oxygen atoms in total. The van der Waals surface area contributed by atoms with Crippen LogP contribution in [-0.4, -0.2) is 23.6 Å². The van der Waals surface area contributed by atoms with Gasteiger partial charge in [-0.3, -0.25) is 20.4 Å². The minimum Gasteiger partial charge on any atom is -0.484 e. The molecule has 2 N–H and O–H groups in total. The minimum absolute atomic E-state index is 0.236. The summed E-state index contributed by atoms with van der Waals surface area (Å²) in [4.78, 5) is 24.4. The lowest BCUT2D eigenvalue weighted by Crippen LogP contribution is -2.44. The number of carbonyl (C=O) groups excluding carboxylic acids is 2. The highest BCUT2D eigenvalue weighted by Crippen LogP contribution is 2.24. The highest BCUT2D eigenvalue weighted by atomic mass is 16.5. The van der Waals surface area contributed by atoms with Crippen molar-refractivity contribution >= 4 is 11.8 Å². The normalized spacial score (nSPS) is 10.0. The Morgan fingerprint density at radius 1 is 1.11 bits per heavy atom. The van der Waals surface area contributed by atoms with Crippen LogP contribution in [0.5, 0.6) is 5.75 Å². The van der Waals surface area contributed by atoms with Crippen molar-refractivity contribution in [1.82, 2.24) is 16.0 Å². The van der Waals surface area contributed by atoms with Gasteiger partial charge in [0.15, 0.2) is 6.61 Å². The van der Waals surface area contributed by atoms with Gasteiger partial charge in [-0.15, -0.1) is 0 Å². The van der Waals surface area contributed by atoms with E-state index in [1.54, 1.807) is 43.3 Å². The molecule has 0 radical (unpaired) electrons. The molecule has 0 atom stereocenters. The zero-order valence-corrected chi connectivity index (χ0v) is 14.9. The second-order valence-electron chi connectivity index (χ2n) is 5.76. The third-order valence-corrected chi connectivity index (χ3v) is 3.81. The number of hydrazine groups is 1. The molecule has 0 aliphatic carbocycles. The molecule has 28 heavy (non-hydrogen) atoms. The van der Waals surface area contributed by atoms with Crippen LogP contribution in [0.2, 0.25) is 0 Å². The number of nitriles is 1. The van der Waals surface area contributed by atoms with Gasteiger partial charge < -0.3 is 9.26 Å². The van der Waals surface area contributed by atoms with Crippen LogP contribution < -0.4 is 15.6 Å². The topological polar surface area (TPSA) is 117 Å². The number of nitrogens with one attached hydrogen (secondary N) is 2. The fraction of sp³-hybridized carbons (Fsp3) is 0.100. The molecule has 0 saturated carbocycles. The van der Waals surface area contributed by atoms with Crippen LogP contribution in [0.15, 0.2) is 59.1 Å². The molecule has 0 spiro atoms. The number of carbonyl (C=O) groups is 2. The van der Waals surface area contributed by atoms with E-state index >= 15 is 0 Å². The van der Waals surface area contributed by atoms with Crippen LogP contribution in [-0.2, 0) is 4.79 Å². The van der Waals surface area contributed by atoms with Crippen LogP contribution >= 0.6 is 0 Å². The summed E-state index contributed by atoms with van der Waals surface area (Å²) in [7, 11) is 0. The summed E-state index contributed by atoms with van der Waals surface area (Å²) in [6.07, 6.45) is 0. The van der Waals surface area contributed by atoms with E-state index in [0.717, 1.165) is 5.56 Å². The van der Waals surface area contributed by atoms with Gasteiger partial charge in [-0.05, 0) is 31.2 Å². The van der Waals surface area contributed by atoms with Gasteiger partial charge in [-0.1, -0.05) is 35.5 Å². The summed E-state index contributed by atoms with van der Waals surface area (Å²) in [5.74, 6) is -0.335. The van der Waals surface area contributed by atoms with E-state index in [9.17, 15) is 9.59 Å². The average Bonchev–Trinajstić information content (AvgIpc) is 3.13. The summed E-state index contributed by atoms with van der Waals surface area (Å²) in [5, 5.41) is 12.7. The lowest BCUT2D eigenvalue weighted by Gasteiger charge is -2.09. The molecule has 0 aliphatic heterocycles. The zero-order valence-electron chi connectivity index (χ0n) is 14.9. The van der Waals surface area contributed by atoms with E-state index in [-0.39, 0.29) is 12.2 Å². The van der Waals surface area contributed by atoms with Crippen LogP contribution in [0.4, 0.5) is 0 Å². The highest BCUT2D eigenvalue weighted by molar-refractivity contribution is 6.01. The quantitative estimate of drug-likeness (QED) is 0.660. The van der Waals surface area contributed by atoms with E-state index in [1.165, 1.54) is 0 Å². The van der Waals surface area contributed by atoms with Crippen LogP contribution in [0.25, 0.3) is 11.3 Å². The molecule has 140 valence electrons. The monoisotopic (exact) mass is 376 g/mol. The fourth-order valence-corrected chi connectivity index (χ4v) is 2.43. The first-order chi connectivity index (χ1) is 13.6. The Morgan fingerprint density at radius 2 is 1.82 bits per heavy atom. The molecule has 0 fully saturated rings. The Morgan fingerprint density at radius 3 is 2.50 bits per heavy atom. The number of aryl methyl sites for hydroxylation is 1. The largest absolute Gasteiger partial charge is 0.484 e. The van der Waals surface area contributed by atoms with Crippen LogP contribution in [0.1, 0.15) is 21.7 Å². The van der Waals surface area contributed by atoms with Gasteiger partial charge in [0.1, 0.15) is 22.8 Å². The van der Waals surface area contributed by atoms with Gasteiger partial charge in [-0.25, -0.2) is 0 Å². The first-order valence-corrected chi connectivity index (χ1v) is 8.32. The smallest absolute Gasteiger partial charge is 0.276 e. The molecule has 2 amide bonds. The molecule has 8 heteroatoms. The van der Waals surface area contributed by atoms with Crippen LogP contribution in [0, 0.1) is 18.3 Å². The molecule has 1 aromatic heterocycles. The molecule has 3 aromatic rings. The Labute approximate surface area is 160 Å². The van der Waals surface area contributed by atoms with E-state index in [1.807, 2.05) is 24.3 Å². The summed E-state index contributed by atoms with van der Waals surface area (Å²) >= 11 is 0. The van der Waals surface area contributed by atoms with E-state index in [2.05, 4.69) is 16.0 Å². The first-order valence-electron chi connectivity index (χ1n) is 8.32. The molecular weight excluding hydrogens is 360 g/mol. The lowest BCUT2D eigenvalue weighted by molar-refractivity contribution is -0.123. The number of nitrogens with zero attached hydrogens (tertiary/aromatic N) is 2. The average molecular weight is 376 g/mol. The lowest BCUT2D eigenvalue weighted by atomic mass is 10.1. The summed E-state index contributed by atoms with van der Waals surface area (Å²) in [6, 6.07) is 17.4. The number of benzene rings is 2. The molecular formula is C20H16N4O4. The first kappa shape index (κ1) is 18.7. The van der Waals surface area contributed by atoms with Crippen molar-refractivity contribution in [2.24, 2.45) is 0 Å². The SMILES string of the molecule is Cc1onc(-c2ccccc2)c1C(=O)NNC(=O)COc1ccc(C#N)cc1. The van der Waals surface area contributed by atoms with Crippen molar-refractivity contribution in [3.05, 3.63) is 71.5 Å². The molecule has 2 aromatic carbocycles. The molecule has 0 aliphatic rings. The number of amides is 2. The second kappa shape index (κ2) is 8.51. The molecule has 1 heterocycles. The number of hydrogen-bond donors (Lipinski definition) is 2. The Kier molecular flexibility index (Phi) is 5.67. The number of ether oxygens (including phenoxy) is 1. The van der Waals surface area contributed by atoms with Crippen molar-refractivity contribution in [3.8, 4) is 23.1 Å². The van der Waals surface area contributed by atoms with Gasteiger partial charge in [0, 0.05) is 5.56 Å². The molecule has 0 bridgehead atoms. The van der Waals surface area contributed by atoms with Crippen molar-refractivity contribution in [2.75, 3.05) is 6.61 Å². The van der Waals surface area contributed by atoms with Gasteiger partial charge in [0.2, 0.25) is 0 Å². The van der Waals surface area contributed by atoms with Gasteiger partial charge >= 0.3 is 0 Å². The van der Waals surface area contributed by atoms with Crippen molar-refractivity contribution < 1.29 is 18.8 Å². The predicted molar refractivity (Wildman–Crippen MR) is 98.9 cm³/mol. The zero-order chi connectivity index (χ0) is 19.9. The number of hydrogen-bond acceptors (Lipinski definition) is 6. The Bertz CT molecular complexity index is 1020. The molecule has 0 saturated heterocycles. The second-order valence-corrected chi connectivity index (χ2v) is 5.76. The third kappa shape index (κ3) is 4.34. The van der Waals surface area contributed by atoms with E-state index in [4.69, 9.17) is 14.5 Å². The highest BCUT2D eigenvalue weighted by Gasteiger charge is 2.21. The maximum Gasteiger partial charge on any atom is 0.276 e. The van der Waals surface area contributed by atoms with Gasteiger partial charge in [0.05, 0.1) is 11.6 Å². The maximum atomic E-state index is 12.5. The summed E-state index contributed by atoms with van der Waals surface area (Å²) in [6.45, 7) is 1.31. The third-order valence-electron chi connectivity index (χ3n) is 3.81. The maximum absolute atomic E-state index is 12.5. The van der Waals surface area contributed by atoms with Crippen molar-refractivity contribution in [1.29, 1.82) is 5.26 Å². The van der Waals surface area contributed by atoms with Crippen LogP contribution in [0.3, 0.4) is 0 Å².